The SMILES string of the molecule is CC1(C)c2ccccc2C(C)(C)N1OC1CCCCCC1. The van der Waals surface area contributed by atoms with Gasteiger partial charge in [-0.05, 0) is 51.7 Å². The first kappa shape index (κ1) is 15.1. The maximum Gasteiger partial charge on any atom is 0.0794 e. The summed E-state index contributed by atoms with van der Waals surface area (Å²) >= 11 is 0. The first-order valence-corrected chi connectivity index (χ1v) is 8.51. The lowest BCUT2D eigenvalue weighted by atomic mass is 9.91. The second-order valence-electron chi connectivity index (χ2n) is 7.68. The van der Waals surface area contributed by atoms with Gasteiger partial charge in [0.2, 0.25) is 0 Å². The van der Waals surface area contributed by atoms with Crippen molar-refractivity contribution in [1.82, 2.24) is 5.06 Å². The van der Waals surface area contributed by atoms with Crippen molar-refractivity contribution in [3.63, 3.8) is 0 Å². The van der Waals surface area contributed by atoms with E-state index in [-0.39, 0.29) is 11.1 Å². The summed E-state index contributed by atoms with van der Waals surface area (Å²) in [6.07, 6.45) is 8.16. The first-order chi connectivity index (χ1) is 9.94. The van der Waals surface area contributed by atoms with Crippen LogP contribution in [0.15, 0.2) is 24.3 Å². The topological polar surface area (TPSA) is 12.5 Å². The van der Waals surface area contributed by atoms with Gasteiger partial charge < -0.3 is 0 Å². The van der Waals surface area contributed by atoms with Crippen LogP contribution in [0, 0.1) is 0 Å². The van der Waals surface area contributed by atoms with Crippen LogP contribution in [-0.2, 0) is 15.9 Å². The van der Waals surface area contributed by atoms with E-state index in [2.05, 4.69) is 57.0 Å². The Hall–Kier alpha value is -0.860. The molecule has 1 saturated carbocycles. The van der Waals surface area contributed by atoms with Crippen LogP contribution in [0.2, 0.25) is 0 Å². The van der Waals surface area contributed by atoms with Crippen molar-refractivity contribution in [2.24, 2.45) is 0 Å². The van der Waals surface area contributed by atoms with Crippen molar-refractivity contribution in [2.45, 2.75) is 83.4 Å². The minimum absolute atomic E-state index is 0.0631. The number of hydrogen-bond acceptors (Lipinski definition) is 2. The van der Waals surface area contributed by atoms with Crippen LogP contribution in [-0.4, -0.2) is 11.2 Å². The predicted molar refractivity (Wildman–Crippen MR) is 86.9 cm³/mol. The van der Waals surface area contributed by atoms with Crippen LogP contribution < -0.4 is 0 Å². The minimum atomic E-state index is -0.0631. The molecule has 1 aromatic carbocycles. The van der Waals surface area contributed by atoms with Crippen LogP contribution >= 0.6 is 0 Å². The van der Waals surface area contributed by atoms with Crippen molar-refractivity contribution < 1.29 is 4.84 Å². The Balaban J connectivity index is 1.88. The van der Waals surface area contributed by atoms with Gasteiger partial charge in [0.05, 0.1) is 17.2 Å². The molecule has 0 N–H and O–H groups in total. The maximum absolute atomic E-state index is 6.58. The average molecular weight is 287 g/mol. The fraction of sp³-hybridized carbons (Fsp3) is 0.684. The molecule has 2 aliphatic rings. The molecule has 3 rings (SSSR count). The highest BCUT2D eigenvalue weighted by Gasteiger charge is 2.50. The van der Waals surface area contributed by atoms with Gasteiger partial charge in [-0.2, -0.15) is 5.06 Å². The number of fused-ring (bicyclic) bond motifs is 1. The van der Waals surface area contributed by atoms with E-state index in [0.717, 1.165) is 0 Å². The summed E-state index contributed by atoms with van der Waals surface area (Å²) in [5, 5.41) is 2.28. The Labute approximate surface area is 129 Å². The van der Waals surface area contributed by atoms with Crippen LogP contribution in [0.5, 0.6) is 0 Å². The monoisotopic (exact) mass is 287 g/mol. The van der Waals surface area contributed by atoms with Crippen molar-refractivity contribution in [3.8, 4) is 0 Å². The summed E-state index contributed by atoms with van der Waals surface area (Å²) < 4.78 is 0. The summed E-state index contributed by atoms with van der Waals surface area (Å²) in [6, 6.07) is 8.80. The van der Waals surface area contributed by atoms with Crippen molar-refractivity contribution in [3.05, 3.63) is 35.4 Å². The molecule has 0 amide bonds. The van der Waals surface area contributed by atoms with Gasteiger partial charge in [-0.1, -0.05) is 49.9 Å². The van der Waals surface area contributed by atoms with Crippen LogP contribution in [0.25, 0.3) is 0 Å². The summed E-state index contributed by atoms with van der Waals surface area (Å²) in [4.78, 5) is 6.58. The van der Waals surface area contributed by atoms with E-state index in [1.807, 2.05) is 0 Å². The van der Waals surface area contributed by atoms with Gasteiger partial charge in [-0.3, -0.25) is 4.84 Å². The molecule has 1 heterocycles. The van der Waals surface area contributed by atoms with E-state index < -0.39 is 0 Å². The van der Waals surface area contributed by atoms with E-state index in [1.54, 1.807) is 0 Å². The summed E-state index contributed by atoms with van der Waals surface area (Å²) in [5.74, 6) is 0. The highest BCUT2D eigenvalue weighted by Crippen LogP contribution is 2.50. The fourth-order valence-corrected chi connectivity index (χ4v) is 4.23. The normalized spacial score (nSPS) is 25.5. The van der Waals surface area contributed by atoms with Crippen LogP contribution in [0.4, 0.5) is 0 Å². The second-order valence-corrected chi connectivity index (χ2v) is 7.68. The van der Waals surface area contributed by atoms with Gasteiger partial charge in [0.15, 0.2) is 0 Å². The van der Waals surface area contributed by atoms with Gasteiger partial charge in [-0.15, -0.1) is 0 Å². The molecule has 116 valence electrons. The predicted octanol–water partition coefficient (Wildman–Crippen LogP) is 5.13. The number of hydrogen-bond donors (Lipinski definition) is 0. The zero-order valence-corrected chi connectivity index (χ0v) is 14.0. The fourth-order valence-electron chi connectivity index (χ4n) is 4.23. The van der Waals surface area contributed by atoms with Gasteiger partial charge in [0.25, 0.3) is 0 Å². The van der Waals surface area contributed by atoms with Gasteiger partial charge >= 0.3 is 0 Å². The van der Waals surface area contributed by atoms with Crippen molar-refractivity contribution >= 4 is 0 Å². The Morgan fingerprint density at radius 3 is 1.81 bits per heavy atom. The second kappa shape index (κ2) is 5.40. The number of hydroxylamine groups is 2. The third kappa shape index (κ3) is 2.53. The Kier molecular flexibility index (Phi) is 3.87. The Morgan fingerprint density at radius 1 is 0.857 bits per heavy atom. The van der Waals surface area contributed by atoms with E-state index >= 15 is 0 Å². The summed E-state index contributed by atoms with van der Waals surface area (Å²) in [7, 11) is 0. The summed E-state index contributed by atoms with van der Waals surface area (Å²) in [6.45, 7) is 9.16. The maximum atomic E-state index is 6.58. The Bertz CT molecular complexity index is 463. The van der Waals surface area contributed by atoms with Gasteiger partial charge in [-0.25, -0.2) is 0 Å². The molecule has 1 aliphatic carbocycles. The van der Waals surface area contributed by atoms with E-state index in [4.69, 9.17) is 4.84 Å². The van der Waals surface area contributed by atoms with Gasteiger partial charge in [0, 0.05) is 0 Å². The molecule has 0 radical (unpaired) electrons. The average Bonchev–Trinajstić information content (AvgIpc) is 2.67. The summed E-state index contributed by atoms with van der Waals surface area (Å²) in [5.41, 5.74) is 2.69. The molecular weight excluding hydrogens is 258 g/mol. The third-order valence-electron chi connectivity index (χ3n) is 5.32. The lowest BCUT2D eigenvalue weighted by Crippen LogP contribution is -2.47. The van der Waals surface area contributed by atoms with Crippen LogP contribution in [0.3, 0.4) is 0 Å². The lowest BCUT2D eigenvalue weighted by molar-refractivity contribution is -0.289. The first-order valence-electron chi connectivity index (χ1n) is 8.51. The van der Waals surface area contributed by atoms with E-state index in [9.17, 15) is 0 Å². The molecule has 2 nitrogen and oxygen atoms in total. The molecule has 0 saturated heterocycles. The molecule has 0 bridgehead atoms. The standard InChI is InChI=1S/C19H29NO/c1-18(2)16-13-9-10-14-17(16)19(3,4)20(18)21-15-11-7-5-6-8-12-15/h9-10,13-15H,5-8,11-12H2,1-4H3. The smallest absolute Gasteiger partial charge is 0.0794 e. The number of nitrogens with zero attached hydrogens (tertiary/aromatic N) is 1. The molecule has 1 aliphatic heterocycles. The Morgan fingerprint density at radius 2 is 1.33 bits per heavy atom. The number of rotatable bonds is 2. The highest BCUT2D eigenvalue weighted by molar-refractivity contribution is 5.42. The molecule has 1 aromatic rings. The van der Waals surface area contributed by atoms with E-state index in [0.29, 0.717) is 6.10 Å². The molecule has 0 unspecified atom stereocenters. The molecule has 0 spiro atoms. The van der Waals surface area contributed by atoms with Crippen molar-refractivity contribution in [1.29, 1.82) is 0 Å². The molecule has 2 heteroatoms. The lowest BCUT2D eigenvalue weighted by Gasteiger charge is -2.41. The molecule has 21 heavy (non-hydrogen) atoms. The largest absolute Gasteiger partial charge is 0.294 e. The highest BCUT2D eigenvalue weighted by atomic mass is 16.7. The molecular formula is C19H29NO. The minimum Gasteiger partial charge on any atom is -0.294 e. The van der Waals surface area contributed by atoms with Crippen molar-refractivity contribution in [2.75, 3.05) is 0 Å². The third-order valence-corrected chi connectivity index (χ3v) is 5.32. The zero-order chi connectivity index (χ0) is 15.1. The number of benzene rings is 1. The quantitative estimate of drug-likeness (QED) is 0.699. The molecule has 0 aromatic heterocycles. The zero-order valence-electron chi connectivity index (χ0n) is 14.0. The molecule has 0 atom stereocenters. The van der Waals surface area contributed by atoms with E-state index in [1.165, 1.54) is 49.7 Å². The molecule has 1 fully saturated rings. The van der Waals surface area contributed by atoms with Gasteiger partial charge in [0.1, 0.15) is 0 Å². The van der Waals surface area contributed by atoms with Crippen LogP contribution in [0.1, 0.15) is 77.3 Å².